The maximum atomic E-state index is 14.8. The summed E-state index contributed by atoms with van der Waals surface area (Å²) < 4.78 is -1.42. The molecule has 0 bridgehead atoms. The second kappa shape index (κ2) is 29.7. The summed E-state index contributed by atoms with van der Waals surface area (Å²) in [4.78, 5) is 137. The minimum Gasteiger partial charge on any atom is -0.508 e. The third kappa shape index (κ3) is 19.4. The average molecular weight is 1120 g/mol. The van der Waals surface area contributed by atoms with Crippen LogP contribution in [-0.4, -0.2) is 150 Å². The van der Waals surface area contributed by atoms with Crippen molar-refractivity contribution in [2.24, 2.45) is 17.4 Å². The molecular weight excluding hydrogens is 1050 g/mol. The molecule has 78 heavy (non-hydrogen) atoms. The predicted octanol–water partition coefficient (Wildman–Crippen LogP) is 0.451. The van der Waals surface area contributed by atoms with Crippen molar-refractivity contribution in [2.45, 2.75) is 120 Å². The lowest BCUT2D eigenvalue weighted by Crippen LogP contribution is -2.63. The van der Waals surface area contributed by atoms with Gasteiger partial charge >= 0.3 is 11.9 Å². The zero-order valence-electron chi connectivity index (χ0n) is 43.6. The fourth-order valence-electron chi connectivity index (χ4n) is 7.98. The van der Waals surface area contributed by atoms with Gasteiger partial charge in [-0.3, -0.25) is 43.2 Å². The molecule has 1 aromatic heterocycles. The summed E-state index contributed by atoms with van der Waals surface area (Å²) in [5, 5.41) is 56.2. The van der Waals surface area contributed by atoms with Gasteiger partial charge in [-0.05, 0) is 67.6 Å². The number of aromatic nitrogens is 1. The molecular formula is C52H68N10O14S2. The van der Waals surface area contributed by atoms with Crippen LogP contribution in [0.2, 0.25) is 0 Å². The first-order chi connectivity index (χ1) is 36.8. The van der Waals surface area contributed by atoms with E-state index in [2.05, 4.69) is 42.2 Å². The normalized spacial score (nSPS) is 21.4. The Hall–Kier alpha value is -7.68. The van der Waals surface area contributed by atoms with E-state index < -0.39 is 125 Å². The van der Waals surface area contributed by atoms with Crippen LogP contribution in [0, 0.1) is 5.92 Å². The number of carboxylic acid groups (broad SMARTS) is 3. The molecule has 0 aliphatic carbocycles. The SMILES string of the molecule is CC(=O)O.CC(C)[C@H](NC(=O)[C@@H]1CSSC(C)(C)[C@H](NC(=O)[C@@H](N)CC(=O)O)C(=O)N[C@@H](Cc2ccccc2)C(=O)N[C@H](Cc2c[nH]c3ccccc23)C(=O)N[C@@H](CCN)C(=O)N[C@@H](Cc2ccc(O)cc2)C(=O)N1)C(=O)O. The van der Waals surface area contributed by atoms with Crippen molar-refractivity contribution >= 4 is 91.7 Å². The number of carbonyl (C=O) groups is 10. The Balaban J connectivity index is 0.00000317. The van der Waals surface area contributed by atoms with E-state index >= 15 is 0 Å². The number of carboxylic acids is 3. The molecule has 422 valence electrons. The summed E-state index contributed by atoms with van der Waals surface area (Å²) in [5.41, 5.74) is 14.3. The molecule has 2 heterocycles. The highest BCUT2D eigenvalue weighted by Gasteiger charge is 2.42. The Morgan fingerprint density at radius 3 is 1.79 bits per heavy atom. The molecule has 4 aromatic rings. The molecule has 0 unspecified atom stereocenters. The van der Waals surface area contributed by atoms with E-state index in [0.717, 1.165) is 39.4 Å². The van der Waals surface area contributed by atoms with Crippen LogP contribution in [0.5, 0.6) is 5.75 Å². The first kappa shape index (κ1) is 62.9. The van der Waals surface area contributed by atoms with E-state index in [4.69, 9.17) is 21.4 Å². The highest BCUT2D eigenvalue weighted by Crippen LogP contribution is 2.39. The van der Waals surface area contributed by atoms with Crippen LogP contribution in [0.25, 0.3) is 10.9 Å². The van der Waals surface area contributed by atoms with E-state index in [-0.39, 0.29) is 43.7 Å². The molecule has 24 nitrogen and oxygen atoms in total. The molecule has 16 N–H and O–H groups in total. The number of para-hydroxylation sites is 1. The van der Waals surface area contributed by atoms with Crippen LogP contribution in [0.3, 0.4) is 0 Å². The molecule has 5 rings (SSSR count). The first-order valence-corrected chi connectivity index (χ1v) is 27.0. The van der Waals surface area contributed by atoms with Crippen molar-refractivity contribution in [3.05, 3.63) is 102 Å². The van der Waals surface area contributed by atoms with E-state index in [9.17, 15) is 58.5 Å². The standard InChI is InChI=1S/C50H64N10O12S2.C2H4O2/c1-26(2)40(49(71)72)59-47(69)38-25-73-74-50(3,4)41(60-42(64)32(52)23-39(62)63)48(70)57-36(20-27-10-6-5-7-11-27)44(66)56-37(22-29-24-53-33-13-9-8-12-31(29)33)46(68)54-34(18-19-51)43(65)55-35(45(67)58-38)21-28-14-16-30(61)17-15-28;1-2(3)4/h5-17,24,26,32,34-38,40-41,53,61H,18-23,25,51-52H2,1-4H3,(H,54,68)(H,55,65)(H,56,66)(H,57,70)(H,58,67)(H,59,69)(H,60,64)(H,62,63)(H,71,72);1H3,(H,3,4)/t32-,34-,35-,36-,37+,38-,40-,41+;/m0./s1. The van der Waals surface area contributed by atoms with Gasteiger partial charge in [0.25, 0.3) is 5.97 Å². The number of aromatic hydroxyl groups is 1. The Morgan fingerprint density at radius 1 is 0.718 bits per heavy atom. The van der Waals surface area contributed by atoms with Crippen molar-refractivity contribution in [3.8, 4) is 5.75 Å². The molecule has 3 aromatic carbocycles. The first-order valence-electron chi connectivity index (χ1n) is 24.7. The molecule has 0 spiro atoms. The Morgan fingerprint density at radius 2 is 1.23 bits per heavy atom. The molecule has 0 radical (unpaired) electrons. The lowest BCUT2D eigenvalue weighted by Gasteiger charge is -2.35. The maximum Gasteiger partial charge on any atom is 0.326 e. The maximum absolute atomic E-state index is 14.8. The van der Waals surface area contributed by atoms with Crippen LogP contribution in [0.1, 0.15) is 64.2 Å². The zero-order valence-corrected chi connectivity index (χ0v) is 45.2. The monoisotopic (exact) mass is 1120 g/mol. The number of phenolic OH excluding ortho intramolecular Hbond substituents is 1. The molecule has 0 saturated carbocycles. The summed E-state index contributed by atoms with van der Waals surface area (Å²) in [5.74, 6) is -10.9. The van der Waals surface area contributed by atoms with Gasteiger partial charge in [0.2, 0.25) is 41.4 Å². The number of rotatable bonds is 16. The third-order valence-electron chi connectivity index (χ3n) is 12.1. The summed E-state index contributed by atoms with van der Waals surface area (Å²) in [7, 11) is 1.90. The lowest BCUT2D eigenvalue weighted by molar-refractivity contribution is -0.143. The fourth-order valence-corrected chi connectivity index (χ4v) is 10.8. The quantitative estimate of drug-likeness (QED) is 0.0677. The van der Waals surface area contributed by atoms with Crippen molar-refractivity contribution in [1.29, 1.82) is 0 Å². The van der Waals surface area contributed by atoms with Crippen LogP contribution < -0.4 is 48.7 Å². The number of H-pyrrole nitrogens is 1. The topological polar surface area (TPSA) is 404 Å². The second-order valence-corrected chi connectivity index (χ2v) is 22.2. The van der Waals surface area contributed by atoms with Gasteiger partial charge in [-0.25, -0.2) is 4.79 Å². The smallest absolute Gasteiger partial charge is 0.326 e. The van der Waals surface area contributed by atoms with Crippen LogP contribution >= 0.6 is 21.6 Å². The third-order valence-corrected chi connectivity index (χ3v) is 15.4. The van der Waals surface area contributed by atoms with E-state index in [1.54, 1.807) is 70.3 Å². The van der Waals surface area contributed by atoms with Crippen LogP contribution in [0.4, 0.5) is 0 Å². The van der Waals surface area contributed by atoms with E-state index in [1.165, 1.54) is 24.3 Å². The van der Waals surface area contributed by atoms with Gasteiger partial charge in [0.1, 0.15) is 48.0 Å². The number of amides is 7. The Kier molecular flexibility index (Phi) is 24.0. The molecule has 1 saturated heterocycles. The molecule has 1 aliphatic rings. The number of hydrogen-bond acceptors (Lipinski definition) is 15. The molecule has 7 amide bonds. The average Bonchev–Trinajstić information content (AvgIpc) is 3.78. The van der Waals surface area contributed by atoms with Gasteiger partial charge in [0.15, 0.2) is 0 Å². The Labute approximate surface area is 457 Å². The summed E-state index contributed by atoms with van der Waals surface area (Å²) >= 11 is 0. The van der Waals surface area contributed by atoms with Crippen molar-refractivity contribution in [3.63, 3.8) is 0 Å². The summed E-state index contributed by atoms with van der Waals surface area (Å²) in [6, 6.07) is 9.70. The van der Waals surface area contributed by atoms with Gasteiger partial charge in [0.05, 0.1) is 12.5 Å². The number of nitrogens with two attached hydrogens (primary N) is 2. The number of aromatic amines is 1. The number of nitrogens with one attached hydrogen (secondary N) is 8. The molecule has 26 heteroatoms. The fraction of sp³-hybridized carbons (Fsp3) is 0.423. The highest BCUT2D eigenvalue weighted by atomic mass is 33.1. The predicted molar refractivity (Wildman–Crippen MR) is 291 cm³/mol. The number of benzene rings is 3. The minimum absolute atomic E-state index is 0.0837. The van der Waals surface area contributed by atoms with E-state index in [1.807, 2.05) is 18.2 Å². The van der Waals surface area contributed by atoms with Gasteiger partial charge < -0.3 is 74.1 Å². The second-order valence-electron chi connectivity index (χ2n) is 19.2. The largest absolute Gasteiger partial charge is 0.508 e. The van der Waals surface area contributed by atoms with Crippen molar-refractivity contribution < 1.29 is 68.4 Å². The Bertz CT molecular complexity index is 2760. The van der Waals surface area contributed by atoms with Gasteiger partial charge in [-0.15, -0.1) is 0 Å². The zero-order chi connectivity index (χ0) is 57.9. The van der Waals surface area contributed by atoms with Crippen molar-refractivity contribution in [2.75, 3.05) is 12.3 Å². The lowest BCUT2D eigenvalue weighted by atomic mass is 9.98. The van der Waals surface area contributed by atoms with Gasteiger partial charge in [-0.1, -0.05) is 96.1 Å². The van der Waals surface area contributed by atoms with Crippen LogP contribution in [-0.2, 0) is 67.2 Å². The number of aliphatic carboxylic acids is 3. The number of phenols is 1. The molecule has 8 atom stereocenters. The number of carbonyl (C=O) groups excluding carboxylic acids is 7. The molecule has 1 aliphatic heterocycles. The summed E-state index contributed by atoms with van der Waals surface area (Å²) in [6.07, 6.45) is 0.226. The van der Waals surface area contributed by atoms with E-state index in [0.29, 0.717) is 16.7 Å². The highest BCUT2D eigenvalue weighted by molar-refractivity contribution is 8.77. The minimum atomic E-state index is -1.62. The number of fused-ring (bicyclic) bond motifs is 1. The number of hydrogen-bond donors (Lipinski definition) is 14. The summed E-state index contributed by atoms with van der Waals surface area (Å²) in [6.45, 7) is 7.18. The van der Waals surface area contributed by atoms with Crippen molar-refractivity contribution in [1.82, 2.24) is 42.2 Å². The van der Waals surface area contributed by atoms with Gasteiger partial charge in [0, 0.05) is 53.8 Å². The van der Waals surface area contributed by atoms with Gasteiger partial charge in [-0.2, -0.15) is 0 Å². The molecule has 1 fully saturated rings. The van der Waals surface area contributed by atoms with Crippen LogP contribution in [0.15, 0.2) is 85.1 Å².